The van der Waals surface area contributed by atoms with Gasteiger partial charge < -0.3 is 10.1 Å². The number of carbonyl (C=O) groups is 1. The van der Waals surface area contributed by atoms with Crippen LogP contribution in [0, 0.1) is 0 Å². The number of rotatable bonds is 6. The molecule has 19 heavy (non-hydrogen) atoms. The fourth-order valence-corrected chi connectivity index (χ4v) is 2.57. The molecular weight excluding hydrogens is 258 g/mol. The van der Waals surface area contributed by atoms with Gasteiger partial charge in [0.2, 0.25) is 5.91 Å². The lowest BCUT2D eigenvalue weighted by atomic mass is 10.1. The van der Waals surface area contributed by atoms with Gasteiger partial charge in [0.05, 0.1) is 13.5 Å². The Morgan fingerprint density at radius 2 is 2.16 bits per heavy atom. The van der Waals surface area contributed by atoms with Crippen LogP contribution in [0.1, 0.15) is 11.1 Å². The van der Waals surface area contributed by atoms with Crippen LogP contribution >= 0.6 is 11.3 Å². The lowest BCUT2D eigenvalue weighted by molar-refractivity contribution is -0.120. The molecule has 1 aromatic carbocycles. The molecule has 0 saturated carbocycles. The molecule has 0 unspecified atom stereocenters. The molecule has 2 rings (SSSR count). The van der Waals surface area contributed by atoms with Crippen molar-refractivity contribution in [3.05, 3.63) is 52.2 Å². The van der Waals surface area contributed by atoms with Crippen LogP contribution in [0.3, 0.4) is 0 Å². The summed E-state index contributed by atoms with van der Waals surface area (Å²) in [5.74, 6) is 0.787. The van der Waals surface area contributed by atoms with Crippen molar-refractivity contribution in [3.63, 3.8) is 0 Å². The third-order valence-electron chi connectivity index (χ3n) is 2.86. The van der Waals surface area contributed by atoms with Crippen molar-refractivity contribution in [1.29, 1.82) is 0 Å². The lowest BCUT2D eigenvalue weighted by Crippen LogP contribution is -2.27. The van der Waals surface area contributed by atoms with Crippen LogP contribution in [0.2, 0.25) is 0 Å². The van der Waals surface area contributed by atoms with Gasteiger partial charge in [-0.3, -0.25) is 4.79 Å². The maximum atomic E-state index is 11.8. The highest BCUT2D eigenvalue weighted by molar-refractivity contribution is 7.07. The van der Waals surface area contributed by atoms with Gasteiger partial charge in [0, 0.05) is 12.1 Å². The van der Waals surface area contributed by atoms with E-state index < -0.39 is 0 Å². The van der Waals surface area contributed by atoms with Crippen LogP contribution in [0.15, 0.2) is 41.1 Å². The summed E-state index contributed by atoms with van der Waals surface area (Å²) in [5.41, 5.74) is 2.18. The Labute approximate surface area is 117 Å². The van der Waals surface area contributed by atoms with Crippen molar-refractivity contribution in [2.75, 3.05) is 13.7 Å². The summed E-state index contributed by atoms with van der Waals surface area (Å²) in [6.07, 6.45) is 1.23. The van der Waals surface area contributed by atoms with Gasteiger partial charge in [0.1, 0.15) is 5.75 Å². The van der Waals surface area contributed by atoms with Gasteiger partial charge in [-0.05, 0) is 34.9 Å². The van der Waals surface area contributed by atoms with Gasteiger partial charge >= 0.3 is 0 Å². The molecule has 0 aliphatic carbocycles. The Bertz CT molecular complexity index is 523. The number of benzene rings is 1. The second-order valence-electron chi connectivity index (χ2n) is 4.22. The van der Waals surface area contributed by atoms with Crippen molar-refractivity contribution < 1.29 is 9.53 Å². The van der Waals surface area contributed by atoms with Gasteiger partial charge in [0.15, 0.2) is 0 Å². The highest BCUT2D eigenvalue weighted by Gasteiger charge is 2.07. The number of thiophene rings is 1. The van der Waals surface area contributed by atoms with Crippen LogP contribution in [-0.4, -0.2) is 19.6 Å². The number of carbonyl (C=O) groups excluding carboxylic acids is 1. The summed E-state index contributed by atoms with van der Waals surface area (Å²) in [6.45, 7) is 0.671. The first-order chi connectivity index (χ1) is 9.29. The smallest absolute Gasteiger partial charge is 0.224 e. The number of hydrogen-bond acceptors (Lipinski definition) is 3. The zero-order valence-electron chi connectivity index (χ0n) is 10.9. The molecule has 0 fully saturated rings. The van der Waals surface area contributed by atoms with E-state index in [1.165, 1.54) is 5.56 Å². The quantitative estimate of drug-likeness (QED) is 0.880. The van der Waals surface area contributed by atoms with Crippen molar-refractivity contribution in [2.45, 2.75) is 12.8 Å². The van der Waals surface area contributed by atoms with Gasteiger partial charge in [-0.15, -0.1) is 0 Å². The van der Waals surface area contributed by atoms with Gasteiger partial charge in [-0.25, -0.2) is 0 Å². The summed E-state index contributed by atoms with van der Waals surface area (Å²) >= 11 is 1.68. The number of nitrogens with one attached hydrogen (secondary N) is 1. The summed E-state index contributed by atoms with van der Waals surface area (Å²) < 4.78 is 5.23. The topological polar surface area (TPSA) is 38.3 Å². The van der Waals surface area contributed by atoms with Gasteiger partial charge in [0.25, 0.3) is 0 Å². The van der Waals surface area contributed by atoms with Crippen LogP contribution in [0.4, 0.5) is 0 Å². The molecule has 2 aromatic rings. The van der Waals surface area contributed by atoms with E-state index in [0.29, 0.717) is 13.0 Å². The zero-order valence-corrected chi connectivity index (χ0v) is 11.7. The number of ether oxygens (including phenoxy) is 1. The molecule has 0 atom stereocenters. The minimum Gasteiger partial charge on any atom is -0.496 e. The Balaban J connectivity index is 1.80. The number of para-hydroxylation sites is 1. The standard InChI is InChI=1S/C15H17NO2S/c1-18-14-5-3-2-4-13(14)10-15(17)16-8-6-12-7-9-19-11-12/h2-5,7,9,11H,6,8,10H2,1H3,(H,16,17). The molecule has 100 valence electrons. The highest BCUT2D eigenvalue weighted by Crippen LogP contribution is 2.17. The van der Waals surface area contributed by atoms with Crippen molar-refractivity contribution in [1.82, 2.24) is 5.32 Å². The summed E-state index contributed by atoms with van der Waals surface area (Å²) in [4.78, 5) is 11.8. The lowest BCUT2D eigenvalue weighted by Gasteiger charge is -2.08. The van der Waals surface area contributed by atoms with E-state index in [1.807, 2.05) is 29.6 Å². The van der Waals surface area contributed by atoms with Crippen LogP contribution in [0.5, 0.6) is 5.75 Å². The minimum absolute atomic E-state index is 0.0275. The molecule has 0 aliphatic rings. The Hall–Kier alpha value is -1.81. The first kappa shape index (κ1) is 13.6. The monoisotopic (exact) mass is 275 g/mol. The zero-order chi connectivity index (χ0) is 13.5. The van der Waals surface area contributed by atoms with Gasteiger partial charge in [-0.2, -0.15) is 11.3 Å². The maximum Gasteiger partial charge on any atom is 0.224 e. The predicted molar refractivity (Wildman–Crippen MR) is 77.7 cm³/mol. The molecular formula is C15H17NO2S. The summed E-state index contributed by atoms with van der Waals surface area (Å²) in [6, 6.07) is 9.68. The predicted octanol–water partition coefficient (Wildman–Crippen LogP) is 2.66. The van der Waals surface area contributed by atoms with E-state index >= 15 is 0 Å². The van der Waals surface area contributed by atoms with E-state index in [9.17, 15) is 4.79 Å². The molecule has 1 aromatic heterocycles. The average Bonchev–Trinajstić information content (AvgIpc) is 2.92. The fourth-order valence-electron chi connectivity index (χ4n) is 1.87. The molecule has 4 heteroatoms. The molecule has 0 saturated heterocycles. The van der Waals surface area contributed by atoms with E-state index in [2.05, 4.69) is 16.8 Å². The van der Waals surface area contributed by atoms with E-state index in [0.717, 1.165) is 17.7 Å². The van der Waals surface area contributed by atoms with Crippen molar-refractivity contribution in [3.8, 4) is 5.75 Å². The highest BCUT2D eigenvalue weighted by atomic mass is 32.1. The van der Waals surface area contributed by atoms with E-state index in [1.54, 1.807) is 18.4 Å². The minimum atomic E-state index is 0.0275. The second kappa shape index (κ2) is 6.95. The molecule has 0 spiro atoms. The second-order valence-corrected chi connectivity index (χ2v) is 5.00. The van der Waals surface area contributed by atoms with Crippen LogP contribution < -0.4 is 10.1 Å². The van der Waals surface area contributed by atoms with Gasteiger partial charge in [-0.1, -0.05) is 18.2 Å². The number of hydrogen-bond donors (Lipinski definition) is 1. The van der Waals surface area contributed by atoms with E-state index in [-0.39, 0.29) is 5.91 Å². The SMILES string of the molecule is COc1ccccc1CC(=O)NCCc1ccsc1. The average molecular weight is 275 g/mol. The molecule has 1 N–H and O–H groups in total. The molecule has 3 nitrogen and oxygen atoms in total. The summed E-state index contributed by atoms with van der Waals surface area (Å²) in [7, 11) is 1.62. The first-order valence-electron chi connectivity index (χ1n) is 6.19. The van der Waals surface area contributed by atoms with Crippen LogP contribution in [-0.2, 0) is 17.6 Å². The molecule has 0 bridgehead atoms. The normalized spacial score (nSPS) is 10.2. The Kier molecular flexibility index (Phi) is 4.98. The summed E-state index contributed by atoms with van der Waals surface area (Å²) in [5, 5.41) is 7.08. The van der Waals surface area contributed by atoms with Crippen LogP contribution in [0.25, 0.3) is 0 Å². The van der Waals surface area contributed by atoms with Crippen molar-refractivity contribution in [2.24, 2.45) is 0 Å². The Morgan fingerprint density at radius 3 is 2.89 bits per heavy atom. The van der Waals surface area contributed by atoms with Crippen molar-refractivity contribution >= 4 is 17.2 Å². The molecule has 1 heterocycles. The third kappa shape index (κ3) is 4.10. The number of amides is 1. The largest absolute Gasteiger partial charge is 0.496 e. The molecule has 0 aliphatic heterocycles. The fraction of sp³-hybridized carbons (Fsp3) is 0.267. The molecule has 0 radical (unpaired) electrons. The van der Waals surface area contributed by atoms with E-state index in [4.69, 9.17) is 4.74 Å². The Morgan fingerprint density at radius 1 is 1.32 bits per heavy atom. The number of methoxy groups -OCH3 is 1. The maximum absolute atomic E-state index is 11.8. The third-order valence-corrected chi connectivity index (χ3v) is 3.59. The molecule has 1 amide bonds. The first-order valence-corrected chi connectivity index (χ1v) is 7.13.